The van der Waals surface area contributed by atoms with Crippen LogP contribution in [0.25, 0.3) is 262 Å². The molecule has 0 amide bonds. The average Bonchev–Trinajstić information content (AvgIpc) is 1.61. The van der Waals surface area contributed by atoms with Crippen molar-refractivity contribution in [3.63, 3.8) is 0 Å². The summed E-state index contributed by atoms with van der Waals surface area (Å²) in [5.41, 5.74) is 27.6. The van der Waals surface area contributed by atoms with Gasteiger partial charge in [0.2, 0.25) is 0 Å². The minimum atomic E-state index is 0.693. The molecule has 8 heteroatoms. The fourth-order valence-electron chi connectivity index (χ4n) is 19.7. The lowest BCUT2D eigenvalue weighted by Crippen LogP contribution is -1.96. The number of hydrogen-bond donors (Lipinski definition) is 0. The molecule has 20 aromatic carbocycles. The van der Waals surface area contributed by atoms with E-state index in [1.165, 1.54) is 128 Å². The van der Waals surface area contributed by atoms with Gasteiger partial charge in [-0.15, -0.1) is 22.7 Å². The highest BCUT2D eigenvalue weighted by Gasteiger charge is 2.27. The molecule has 6 nitrogen and oxygen atoms in total. The minimum Gasteiger partial charge on any atom is -0.246 e. The zero-order valence-electron chi connectivity index (χ0n) is 72.5. The number of nitrogens with zero attached hydrogens (tertiary/aromatic N) is 6. The Hall–Kier alpha value is -17.1. The highest BCUT2D eigenvalue weighted by Crippen LogP contribution is 2.54. The van der Waals surface area contributed by atoms with Crippen molar-refractivity contribution < 1.29 is 0 Å². The van der Waals surface area contributed by atoms with Crippen molar-refractivity contribution in [2.75, 3.05) is 0 Å². The lowest BCUT2D eigenvalue weighted by atomic mass is 9.90. The Morgan fingerprint density at radius 3 is 0.754 bits per heavy atom. The molecule has 0 N–H and O–H groups in total. The highest BCUT2D eigenvalue weighted by molar-refractivity contribution is 7.24. The van der Waals surface area contributed by atoms with Gasteiger partial charge in [-0.2, -0.15) is 0 Å². The normalized spacial score (nSPS) is 11.6. The van der Waals surface area contributed by atoms with E-state index in [1.54, 1.807) is 0 Å². The summed E-state index contributed by atoms with van der Waals surface area (Å²) in [6.07, 6.45) is 0. The molecule has 0 aliphatic heterocycles. The van der Waals surface area contributed by atoms with Crippen molar-refractivity contribution in [3.8, 4) is 156 Å². The molecule has 0 atom stereocenters. The zero-order valence-corrected chi connectivity index (χ0v) is 74.2. The Bertz CT molecular complexity index is 8940. The third kappa shape index (κ3) is 14.3. The summed E-state index contributed by atoms with van der Waals surface area (Å²) < 4.78 is 2.36. The van der Waals surface area contributed by atoms with E-state index in [-0.39, 0.29) is 0 Å². The number of pyridine rings is 2. The van der Waals surface area contributed by atoms with Crippen LogP contribution in [0.4, 0.5) is 0 Å². The Morgan fingerprint density at radius 2 is 0.388 bits per heavy atom. The van der Waals surface area contributed by atoms with Crippen LogP contribution in [0.3, 0.4) is 0 Å². The number of thiophene rings is 2. The van der Waals surface area contributed by atoms with Crippen LogP contribution in [0, 0.1) is 0 Å². The summed E-state index contributed by atoms with van der Waals surface area (Å²) in [5, 5.41) is 19.9. The average molecular weight is 1740 g/mol. The van der Waals surface area contributed by atoms with Gasteiger partial charge in [0.05, 0.1) is 54.6 Å². The molecule has 134 heavy (non-hydrogen) atoms. The Kier molecular flexibility index (Phi) is 19.9. The van der Waals surface area contributed by atoms with Gasteiger partial charge in [0.1, 0.15) is 0 Å². The summed E-state index contributed by atoms with van der Waals surface area (Å²) in [6, 6.07) is 169. The van der Waals surface area contributed by atoms with E-state index in [9.17, 15) is 0 Å². The Balaban J connectivity index is 0.000000143. The van der Waals surface area contributed by atoms with Crippen LogP contribution in [-0.2, 0) is 0 Å². The smallest absolute Gasteiger partial charge is 0.160 e. The van der Waals surface area contributed by atoms with Crippen molar-refractivity contribution in [1.29, 1.82) is 0 Å². The summed E-state index contributed by atoms with van der Waals surface area (Å²) >= 11 is 3.68. The Labute approximate surface area is 782 Å². The minimum absolute atomic E-state index is 0.693. The maximum absolute atomic E-state index is 5.38. The largest absolute Gasteiger partial charge is 0.246 e. The van der Waals surface area contributed by atoms with Crippen molar-refractivity contribution in [2.45, 2.75) is 0 Å². The van der Waals surface area contributed by atoms with E-state index in [0.717, 1.165) is 123 Å². The predicted molar refractivity (Wildman–Crippen MR) is 567 cm³/mol. The van der Waals surface area contributed by atoms with E-state index in [0.29, 0.717) is 11.6 Å². The van der Waals surface area contributed by atoms with Crippen LogP contribution >= 0.6 is 22.7 Å². The SMILES string of the molecule is c1ccc(-c2cc(-c3ccc(-c4ccc(-c5sc6c(-c7ccccc7)nc7ccccc7c6c5-c5ccc6c7ccccc7c7ccccc7c6c5)cc4)cc3)nc(-c3ccccc3)n2)cc1.c1ccc(-c2cccc(-c3cc(-c4ccc(-c5sc6c(-c7ccccc7)nc7ccccc7c6c5-c5ccc6c7ccccc7c7ccccc7c6c5)cc4)nc(-c4ccccc4)n3)c2)cc1. The fourth-order valence-corrected chi connectivity index (χ4v) is 22.4. The summed E-state index contributed by atoms with van der Waals surface area (Å²) in [6.45, 7) is 0. The monoisotopic (exact) mass is 1740 g/mol. The molecule has 0 spiro atoms. The molecule has 6 heterocycles. The number of rotatable bonds is 14. The van der Waals surface area contributed by atoms with Crippen LogP contribution in [0.2, 0.25) is 0 Å². The molecule has 26 rings (SSSR count). The van der Waals surface area contributed by atoms with Gasteiger partial charge in [-0.25, -0.2) is 29.9 Å². The van der Waals surface area contributed by atoms with E-state index in [4.69, 9.17) is 29.9 Å². The van der Waals surface area contributed by atoms with E-state index >= 15 is 0 Å². The first kappa shape index (κ1) is 79.1. The van der Waals surface area contributed by atoms with Gasteiger partial charge in [-0.1, -0.05) is 431 Å². The van der Waals surface area contributed by atoms with E-state index in [2.05, 4.69) is 431 Å². The molecule has 624 valence electrons. The maximum Gasteiger partial charge on any atom is 0.160 e. The van der Waals surface area contributed by atoms with Gasteiger partial charge in [-0.05, 0) is 152 Å². The van der Waals surface area contributed by atoms with Crippen molar-refractivity contribution in [1.82, 2.24) is 29.9 Å². The van der Waals surface area contributed by atoms with Gasteiger partial charge >= 0.3 is 0 Å². The molecule has 0 unspecified atom stereocenters. The first-order valence-electron chi connectivity index (χ1n) is 45.3. The second kappa shape index (κ2) is 33.7. The molecule has 0 radical (unpaired) electrons. The van der Waals surface area contributed by atoms with Gasteiger partial charge in [-0.3, -0.25) is 0 Å². The van der Waals surface area contributed by atoms with E-state index in [1.807, 2.05) is 65.1 Å². The van der Waals surface area contributed by atoms with E-state index < -0.39 is 0 Å². The van der Waals surface area contributed by atoms with Crippen LogP contribution in [0.15, 0.2) is 473 Å². The summed E-state index contributed by atoms with van der Waals surface area (Å²) in [7, 11) is 0. The summed E-state index contributed by atoms with van der Waals surface area (Å²) in [4.78, 5) is 33.6. The third-order valence-electron chi connectivity index (χ3n) is 26.2. The number of benzene rings is 20. The molecule has 6 aromatic heterocycles. The van der Waals surface area contributed by atoms with Crippen LogP contribution < -0.4 is 0 Å². The quantitative estimate of drug-likeness (QED) is 0.101. The zero-order chi connectivity index (χ0) is 88.5. The first-order valence-corrected chi connectivity index (χ1v) is 47.0. The Morgan fingerprint density at radius 1 is 0.142 bits per heavy atom. The first-order chi connectivity index (χ1) is 66.4. The number of fused-ring (bicyclic) bond motifs is 18. The number of para-hydroxylation sites is 2. The lowest BCUT2D eigenvalue weighted by molar-refractivity contribution is 1.18. The molecule has 0 saturated heterocycles. The summed E-state index contributed by atoms with van der Waals surface area (Å²) in [5.74, 6) is 1.40. The second-order valence-corrected chi connectivity index (χ2v) is 36.2. The molecule has 0 fully saturated rings. The molecule has 0 bridgehead atoms. The lowest BCUT2D eigenvalue weighted by Gasteiger charge is -2.14. The fraction of sp³-hybridized carbons (Fsp3) is 0. The standard InChI is InChI=1S/2C63H39N3S/c1-4-17-40(18-5-1)45-23-16-24-46(37-45)57-39-56(65-63(66-57)44-21-8-3-9-22-44)41-31-33-43(34-32-41)61-58(59-53-29-14-15-30-55(53)64-60(62(59)67-61)42-19-6-2-7-20-42)47-35-36-52-50-27-11-10-25-48(50)49-26-12-13-28-51(49)54(52)38-47;1-4-16-42(17-5-1)56-39-57(66-63(65-56)46-20-8-3-9-21-46)43-32-28-40(29-33-43)41-30-34-45(35-31-41)61-58(59-53-26-14-15-27-55(53)64-60(62(59)67-61)44-18-6-2-7-19-44)47-36-37-52-50-24-11-10-22-48(50)49-23-12-13-25-51(49)54(52)38-47/h2*1-39H. The van der Waals surface area contributed by atoms with Crippen molar-refractivity contribution in [2.24, 2.45) is 0 Å². The molecule has 0 aliphatic rings. The van der Waals surface area contributed by atoms with Crippen LogP contribution in [0.1, 0.15) is 0 Å². The second-order valence-electron chi connectivity index (χ2n) is 34.1. The molecule has 0 saturated carbocycles. The van der Waals surface area contributed by atoms with Crippen LogP contribution in [0.5, 0.6) is 0 Å². The molecular formula is C126H78N6S2. The molecule has 0 aliphatic carbocycles. The van der Waals surface area contributed by atoms with Crippen LogP contribution in [-0.4, -0.2) is 29.9 Å². The van der Waals surface area contributed by atoms with Crippen molar-refractivity contribution >= 4 is 129 Å². The molecular weight excluding hydrogens is 1660 g/mol. The number of aromatic nitrogens is 6. The third-order valence-corrected chi connectivity index (χ3v) is 28.7. The highest BCUT2D eigenvalue weighted by atomic mass is 32.1. The predicted octanol–water partition coefficient (Wildman–Crippen LogP) is 34.7. The van der Waals surface area contributed by atoms with Gasteiger partial charge in [0, 0.05) is 86.9 Å². The van der Waals surface area contributed by atoms with Gasteiger partial charge in [0.25, 0.3) is 0 Å². The van der Waals surface area contributed by atoms with Gasteiger partial charge in [0.15, 0.2) is 11.6 Å². The molecule has 26 aromatic rings. The van der Waals surface area contributed by atoms with Crippen molar-refractivity contribution in [3.05, 3.63) is 473 Å². The topological polar surface area (TPSA) is 77.3 Å². The number of hydrogen-bond acceptors (Lipinski definition) is 8. The maximum atomic E-state index is 5.38. The van der Waals surface area contributed by atoms with Gasteiger partial charge < -0.3 is 0 Å².